The molecular weight excluding hydrogens is 410 g/mol. The highest BCUT2D eigenvalue weighted by molar-refractivity contribution is 7.09. The van der Waals surface area contributed by atoms with Gasteiger partial charge in [0.25, 0.3) is 0 Å². The molecule has 1 aliphatic rings. The first-order valence-electron chi connectivity index (χ1n) is 9.89. The third-order valence-corrected chi connectivity index (χ3v) is 6.16. The average Bonchev–Trinajstić information content (AvgIpc) is 3.35. The molecule has 0 atom stereocenters. The van der Waals surface area contributed by atoms with Crippen molar-refractivity contribution in [1.29, 1.82) is 0 Å². The largest absolute Gasteiger partial charge is 0.466 e. The van der Waals surface area contributed by atoms with E-state index >= 15 is 0 Å². The first kappa shape index (κ1) is 21.7. The van der Waals surface area contributed by atoms with Gasteiger partial charge >= 0.3 is 5.97 Å². The van der Waals surface area contributed by atoms with Crippen molar-refractivity contribution >= 4 is 40.5 Å². The summed E-state index contributed by atoms with van der Waals surface area (Å²) in [6.45, 7) is 2.09. The maximum Gasteiger partial charge on any atom is 0.311 e. The van der Waals surface area contributed by atoms with Gasteiger partial charge in [-0.1, -0.05) is 30.5 Å². The van der Waals surface area contributed by atoms with Crippen LogP contribution in [-0.4, -0.2) is 29.1 Å². The van der Waals surface area contributed by atoms with E-state index in [0.717, 1.165) is 31.2 Å². The second kappa shape index (κ2) is 10.1. The monoisotopic (exact) mass is 433 g/mol. The summed E-state index contributed by atoms with van der Waals surface area (Å²) in [5, 5.41) is 2.94. The lowest BCUT2D eigenvalue weighted by Crippen LogP contribution is -2.16. The number of ether oxygens (including phenoxy) is 1. The highest BCUT2D eigenvalue weighted by Gasteiger charge is 2.26. The fraction of sp³-hybridized carbons (Fsp3) is 0.455. The molecule has 1 saturated carbocycles. The van der Waals surface area contributed by atoms with Crippen molar-refractivity contribution in [3.8, 4) is 0 Å². The van der Waals surface area contributed by atoms with Gasteiger partial charge in [0.1, 0.15) is 10.8 Å². The van der Waals surface area contributed by atoms with Crippen LogP contribution in [0.1, 0.15) is 59.2 Å². The van der Waals surface area contributed by atoms with Crippen molar-refractivity contribution in [3.05, 3.63) is 50.4 Å². The quantitative estimate of drug-likeness (QED) is 0.425. The van der Waals surface area contributed by atoms with Crippen LogP contribution in [0.2, 0.25) is 5.02 Å². The molecule has 0 amide bonds. The van der Waals surface area contributed by atoms with Gasteiger partial charge in [0.05, 0.1) is 25.1 Å². The average molecular weight is 434 g/mol. The van der Waals surface area contributed by atoms with E-state index in [0.29, 0.717) is 27.9 Å². The number of aromatic nitrogens is 1. The van der Waals surface area contributed by atoms with Crippen molar-refractivity contribution in [2.75, 3.05) is 6.61 Å². The Morgan fingerprint density at radius 2 is 1.93 bits per heavy atom. The van der Waals surface area contributed by atoms with E-state index in [-0.39, 0.29) is 42.7 Å². The van der Waals surface area contributed by atoms with E-state index in [9.17, 15) is 14.4 Å². The molecular formula is C22H24ClNO4S. The zero-order valence-electron chi connectivity index (χ0n) is 16.4. The third kappa shape index (κ3) is 5.97. The Kier molecular flexibility index (Phi) is 7.56. The van der Waals surface area contributed by atoms with Gasteiger partial charge in [-0.3, -0.25) is 14.4 Å². The van der Waals surface area contributed by atoms with Crippen LogP contribution in [0, 0.1) is 5.92 Å². The molecule has 1 aromatic heterocycles. The molecule has 5 nitrogen and oxygen atoms in total. The van der Waals surface area contributed by atoms with Crippen molar-refractivity contribution < 1.29 is 19.1 Å². The van der Waals surface area contributed by atoms with Gasteiger partial charge in [-0.15, -0.1) is 11.3 Å². The molecule has 1 aliphatic carbocycles. The summed E-state index contributed by atoms with van der Waals surface area (Å²) >= 11 is 7.47. The van der Waals surface area contributed by atoms with Gasteiger partial charge in [-0.25, -0.2) is 4.98 Å². The van der Waals surface area contributed by atoms with Crippen LogP contribution < -0.4 is 0 Å². The number of carbonyl (C=O) groups excluding carboxylic acids is 3. The number of ketones is 2. The van der Waals surface area contributed by atoms with E-state index in [1.54, 1.807) is 30.5 Å². The maximum atomic E-state index is 12.9. The molecule has 0 spiro atoms. The van der Waals surface area contributed by atoms with E-state index in [2.05, 4.69) is 4.98 Å². The lowest BCUT2D eigenvalue weighted by Gasteiger charge is -2.13. The van der Waals surface area contributed by atoms with E-state index < -0.39 is 0 Å². The Morgan fingerprint density at radius 1 is 1.17 bits per heavy atom. The molecule has 0 aliphatic heterocycles. The Balaban J connectivity index is 1.66. The molecule has 7 heteroatoms. The summed E-state index contributed by atoms with van der Waals surface area (Å²) in [4.78, 5) is 41.4. The first-order chi connectivity index (χ1) is 14.0. The number of rotatable bonds is 9. The summed E-state index contributed by atoms with van der Waals surface area (Å²) in [7, 11) is 0. The Bertz CT molecular complexity index is 902. The van der Waals surface area contributed by atoms with Gasteiger partial charge in [-0.2, -0.15) is 0 Å². The molecule has 0 radical (unpaired) electrons. The molecule has 1 fully saturated rings. The van der Waals surface area contributed by atoms with E-state index in [1.807, 2.05) is 0 Å². The smallest absolute Gasteiger partial charge is 0.311 e. The number of hydrogen-bond acceptors (Lipinski definition) is 6. The molecule has 0 saturated heterocycles. The SMILES string of the molecule is CCOC(=O)Cc1csc(CC(=O)Cc2ccc(Cl)cc2C(=O)C2CCCC2)n1. The highest BCUT2D eigenvalue weighted by Crippen LogP contribution is 2.30. The number of benzene rings is 1. The lowest BCUT2D eigenvalue weighted by atomic mass is 9.91. The zero-order valence-corrected chi connectivity index (χ0v) is 18.0. The predicted octanol–water partition coefficient (Wildman–Crippen LogP) is 4.63. The van der Waals surface area contributed by atoms with Crippen LogP contribution in [0.4, 0.5) is 0 Å². The van der Waals surface area contributed by atoms with Crippen LogP contribution in [0.5, 0.6) is 0 Å². The van der Waals surface area contributed by atoms with Crippen molar-refractivity contribution in [1.82, 2.24) is 4.98 Å². The van der Waals surface area contributed by atoms with Crippen LogP contribution >= 0.6 is 22.9 Å². The van der Waals surface area contributed by atoms with Gasteiger partial charge in [0, 0.05) is 28.3 Å². The molecule has 154 valence electrons. The van der Waals surface area contributed by atoms with Crippen LogP contribution in [0.3, 0.4) is 0 Å². The number of Topliss-reactive ketones (excluding diaryl/α,β-unsaturated/α-hetero) is 2. The molecule has 0 bridgehead atoms. The predicted molar refractivity (Wildman–Crippen MR) is 113 cm³/mol. The third-order valence-electron chi connectivity index (χ3n) is 5.03. The summed E-state index contributed by atoms with van der Waals surface area (Å²) in [6.07, 6.45) is 4.40. The second-order valence-corrected chi connectivity index (χ2v) is 8.63. The number of esters is 1. The Labute approximate surface area is 179 Å². The molecule has 29 heavy (non-hydrogen) atoms. The minimum absolute atomic E-state index is 0.0233. The van der Waals surface area contributed by atoms with E-state index in [1.165, 1.54) is 11.3 Å². The fourth-order valence-corrected chi connectivity index (χ4v) is 4.65. The Morgan fingerprint density at radius 3 is 2.66 bits per heavy atom. The highest BCUT2D eigenvalue weighted by atomic mass is 35.5. The van der Waals surface area contributed by atoms with E-state index in [4.69, 9.17) is 16.3 Å². The molecule has 1 aromatic carbocycles. The van der Waals surface area contributed by atoms with Crippen molar-refractivity contribution in [2.24, 2.45) is 5.92 Å². The van der Waals surface area contributed by atoms with Crippen LogP contribution in [-0.2, 0) is 33.6 Å². The summed E-state index contributed by atoms with van der Waals surface area (Å²) in [6, 6.07) is 5.18. The van der Waals surface area contributed by atoms with Crippen LogP contribution in [0.25, 0.3) is 0 Å². The summed E-state index contributed by atoms with van der Waals surface area (Å²) in [5.74, 6) is -0.220. The van der Waals surface area contributed by atoms with Crippen molar-refractivity contribution in [3.63, 3.8) is 0 Å². The molecule has 1 heterocycles. The summed E-state index contributed by atoms with van der Waals surface area (Å²) < 4.78 is 4.92. The standard InChI is InChI=1S/C22H24ClNO4S/c1-2-28-21(26)11-17-13-29-20(24-17)12-18(25)9-15-7-8-16(23)10-19(15)22(27)14-5-3-4-6-14/h7-8,10,13-14H,2-6,9,11-12H2,1H3. The molecule has 2 aromatic rings. The fourth-order valence-electron chi connectivity index (χ4n) is 3.65. The number of thiazole rings is 1. The minimum atomic E-state index is -0.327. The summed E-state index contributed by atoms with van der Waals surface area (Å²) in [5.41, 5.74) is 1.90. The number of halogens is 1. The topological polar surface area (TPSA) is 73.3 Å². The second-order valence-electron chi connectivity index (χ2n) is 7.25. The maximum absolute atomic E-state index is 12.9. The lowest BCUT2D eigenvalue weighted by molar-refractivity contribution is -0.142. The van der Waals surface area contributed by atoms with Gasteiger partial charge in [-0.05, 0) is 37.5 Å². The first-order valence-corrected chi connectivity index (χ1v) is 11.1. The van der Waals surface area contributed by atoms with Gasteiger partial charge < -0.3 is 4.74 Å². The molecule has 3 rings (SSSR count). The number of carbonyl (C=O) groups is 3. The normalized spacial score (nSPS) is 14.1. The van der Waals surface area contributed by atoms with Gasteiger partial charge in [0.2, 0.25) is 0 Å². The Hall–Kier alpha value is -2.05. The van der Waals surface area contributed by atoms with Gasteiger partial charge in [0.15, 0.2) is 5.78 Å². The molecule has 0 N–H and O–H groups in total. The number of hydrogen-bond donors (Lipinski definition) is 0. The number of nitrogens with zero attached hydrogens (tertiary/aromatic N) is 1. The van der Waals surface area contributed by atoms with Crippen LogP contribution in [0.15, 0.2) is 23.6 Å². The zero-order chi connectivity index (χ0) is 20.8. The minimum Gasteiger partial charge on any atom is -0.466 e. The molecule has 0 unspecified atom stereocenters. The van der Waals surface area contributed by atoms with Crippen molar-refractivity contribution in [2.45, 2.75) is 51.9 Å².